The smallest absolute Gasteiger partial charge is 0.253 e. The third-order valence-corrected chi connectivity index (χ3v) is 5.90. The minimum atomic E-state index is -0.177. The molecule has 0 aromatic heterocycles. The number of carbonyl (C=O) groups is 2. The van der Waals surface area contributed by atoms with Crippen LogP contribution in [0.2, 0.25) is 0 Å². The molecule has 0 unspecified atom stereocenters. The van der Waals surface area contributed by atoms with Gasteiger partial charge in [0.2, 0.25) is 5.91 Å². The molecule has 2 fully saturated rings. The molecule has 7 nitrogen and oxygen atoms in total. The third-order valence-electron chi connectivity index (χ3n) is 5.90. The van der Waals surface area contributed by atoms with E-state index >= 15 is 0 Å². The first kappa shape index (κ1) is 20.8. The van der Waals surface area contributed by atoms with Crippen LogP contribution in [-0.2, 0) is 11.3 Å². The standard InChI is InChI=1S/C21H33N5O2/c1-24(14-15-25-12-8-23-9-13-25)21(28)19-4-2-17(3-5-19)16-26-10-6-18(7-11-26)20(22)27/h2-5,18,23H,6-16H2,1H3,(H2,22,27). The highest BCUT2D eigenvalue weighted by molar-refractivity contribution is 5.94. The van der Waals surface area contributed by atoms with Crippen molar-refractivity contribution in [3.63, 3.8) is 0 Å². The fraction of sp³-hybridized carbons (Fsp3) is 0.619. The van der Waals surface area contributed by atoms with Gasteiger partial charge in [0, 0.05) is 64.3 Å². The zero-order valence-electron chi connectivity index (χ0n) is 16.9. The largest absolute Gasteiger partial charge is 0.369 e. The van der Waals surface area contributed by atoms with Crippen LogP contribution in [0.1, 0.15) is 28.8 Å². The Morgan fingerprint density at radius 3 is 2.32 bits per heavy atom. The SMILES string of the molecule is CN(CCN1CCNCC1)C(=O)c1ccc(CN2CCC(C(N)=O)CC2)cc1. The van der Waals surface area contributed by atoms with Gasteiger partial charge in [0.05, 0.1) is 0 Å². The summed E-state index contributed by atoms with van der Waals surface area (Å²) in [7, 11) is 1.88. The Morgan fingerprint density at radius 2 is 1.71 bits per heavy atom. The van der Waals surface area contributed by atoms with Crippen LogP contribution in [0.25, 0.3) is 0 Å². The maximum absolute atomic E-state index is 12.7. The Morgan fingerprint density at radius 1 is 1.07 bits per heavy atom. The topological polar surface area (TPSA) is 81.9 Å². The Balaban J connectivity index is 1.45. The normalized spacial score (nSPS) is 19.5. The predicted molar refractivity (Wildman–Crippen MR) is 110 cm³/mol. The van der Waals surface area contributed by atoms with E-state index in [1.165, 1.54) is 5.56 Å². The van der Waals surface area contributed by atoms with Crippen molar-refractivity contribution in [2.24, 2.45) is 11.7 Å². The highest BCUT2D eigenvalue weighted by atomic mass is 16.2. The Hall–Kier alpha value is -1.96. The van der Waals surface area contributed by atoms with Crippen LogP contribution >= 0.6 is 0 Å². The first-order valence-electron chi connectivity index (χ1n) is 10.3. The molecule has 0 bridgehead atoms. The number of nitrogens with zero attached hydrogens (tertiary/aromatic N) is 3. The molecule has 1 aromatic carbocycles. The van der Waals surface area contributed by atoms with Gasteiger partial charge >= 0.3 is 0 Å². The number of likely N-dealkylation sites (N-methyl/N-ethyl adjacent to an activating group) is 1. The molecule has 3 N–H and O–H groups in total. The lowest BCUT2D eigenvalue weighted by atomic mass is 9.96. The number of primary amides is 1. The molecule has 154 valence electrons. The van der Waals surface area contributed by atoms with Gasteiger partial charge in [0.15, 0.2) is 0 Å². The van der Waals surface area contributed by atoms with Crippen molar-refractivity contribution in [2.75, 3.05) is 59.4 Å². The van der Waals surface area contributed by atoms with Crippen LogP contribution in [0, 0.1) is 5.92 Å². The molecule has 2 heterocycles. The molecule has 28 heavy (non-hydrogen) atoms. The molecular weight excluding hydrogens is 354 g/mol. The van der Waals surface area contributed by atoms with Crippen molar-refractivity contribution in [1.82, 2.24) is 20.0 Å². The van der Waals surface area contributed by atoms with Crippen molar-refractivity contribution in [3.05, 3.63) is 35.4 Å². The van der Waals surface area contributed by atoms with Crippen molar-refractivity contribution < 1.29 is 9.59 Å². The van der Waals surface area contributed by atoms with E-state index in [1.807, 2.05) is 36.2 Å². The molecule has 0 atom stereocenters. The number of likely N-dealkylation sites (tertiary alicyclic amines) is 1. The average Bonchev–Trinajstić information content (AvgIpc) is 2.73. The molecule has 0 radical (unpaired) electrons. The number of benzene rings is 1. The monoisotopic (exact) mass is 387 g/mol. The van der Waals surface area contributed by atoms with Gasteiger partial charge in [0.1, 0.15) is 0 Å². The van der Waals surface area contributed by atoms with Gasteiger partial charge in [0.25, 0.3) is 5.91 Å². The molecule has 3 rings (SSSR count). The molecule has 0 saturated carbocycles. The van der Waals surface area contributed by atoms with Gasteiger partial charge in [-0.15, -0.1) is 0 Å². The lowest BCUT2D eigenvalue weighted by molar-refractivity contribution is -0.123. The molecule has 2 aliphatic heterocycles. The van der Waals surface area contributed by atoms with Crippen molar-refractivity contribution >= 4 is 11.8 Å². The summed E-state index contributed by atoms with van der Waals surface area (Å²) in [5, 5.41) is 3.35. The summed E-state index contributed by atoms with van der Waals surface area (Å²) in [6, 6.07) is 7.93. The summed E-state index contributed by atoms with van der Waals surface area (Å²) >= 11 is 0. The number of nitrogens with one attached hydrogen (secondary N) is 1. The zero-order chi connectivity index (χ0) is 19.9. The zero-order valence-corrected chi connectivity index (χ0v) is 16.9. The van der Waals surface area contributed by atoms with E-state index in [2.05, 4.69) is 15.1 Å². The number of amides is 2. The number of piperidine rings is 1. The summed E-state index contributed by atoms with van der Waals surface area (Å²) in [4.78, 5) is 30.5. The van der Waals surface area contributed by atoms with Gasteiger partial charge in [-0.3, -0.25) is 19.4 Å². The highest BCUT2D eigenvalue weighted by Crippen LogP contribution is 2.19. The molecule has 2 saturated heterocycles. The highest BCUT2D eigenvalue weighted by Gasteiger charge is 2.23. The third kappa shape index (κ3) is 5.77. The van der Waals surface area contributed by atoms with Gasteiger partial charge in [-0.1, -0.05) is 12.1 Å². The quantitative estimate of drug-likeness (QED) is 0.706. The maximum Gasteiger partial charge on any atom is 0.253 e. The van der Waals surface area contributed by atoms with Crippen LogP contribution in [0.3, 0.4) is 0 Å². The molecule has 7 heteroatoms. The summed E-state index contributed by atoms with van der Waals surface area (Å²) in [5.74, 6) is -0.0828. The summed E-state index contributed by atoms with van der Waals surface area (Å²) in [5.41, 5.74) is 7.33. The van der Waals surface area contributed by atoms with E-state index in [4.69, 9.17) is 5.73 Å². The van der Waals surface area contributed by atoms with Crippen molar-refractivity contribution in [2.45, 2.75) is 19.4 Å². The number of rotatable bonds is 7. The van der Waals surface area contributed by atoms with E-state index in [0.29, 0.717) is 0 Å². The second-order valence-corrected chi connectivity index (χ2v) is 7.97. The first-order chi connectivity index (χ1) is 13.5. The molecule has 0 aliphatic carbocycles. The first-order valence-corrected chi connectivity index (χ1v) is 10.3. The van der Waals surface area contributed by atoms with Crippen LogP contribution in [0.15, 0.2) is 24.3 Å². The van der Waals surface area contributed by atoms with Crippen molar-refractivity contribution in [1.29, 1.82) is 0 Å². The van der Waals surface area contributed by atoms with E-state index in [9.17, 15) is 9.59 Å². The Labute approximate surface area is 167 Å². The average molecular weight is 388 g/mol. The minimum Gasteiger partial charge on any atom is -0.369 e. The fourth-order valence-corrected chi connectivity index (χ4v) is 3.93. The molecule has 0 spiro atoms. The summed E-state index contributed by atoms with van der Waals surface area (Å²) < 4.78 is 0. The van der Waals surface area contributed by atoms with E-state index in [0.717, 1.165) is 77.3 Å². The van der Waals surface area contributed by atoms with Gasteiger partial charge < -0.3 is 16.0 Å². The second kappa shape index (κ2) is 10.0. The van der Waals surface area contributed by atoms with Crippen LogP contribution in [0.4, 0.5) is 0 Å². The summed E-state index contributed by atoms with van der Waals surface area (Å²) in [6.07, 6.45) is 1.67. The number of nitrogens with two attached hydrogens (primary N) is 1. The van der Waals surface area contributed by atoms with Crippen LogP contribution in [-0.4, -0.2) is 85.9 Å². The van der Waals surface area contributed by atoms with E-state index in [1.54, 1.807) is 0 Å². The lowest BCUT2D eigenvalue weighted by Crippen LogP contribution is -2.46. The van der Waals surface area contributed by atoms with Gasteiger partial charge in [-0.05, 0) is 43.6 Å². The van der Waals surface area contributed by atoms with Crippen LogP contribution in [0.5, 0.6) is 0 Å². The number of hydrogen-bond acceptors (Lipinski definition) is 5. The fourth-order valence-electron chi connectivity index (χ4n) is 3.93. The molecular formula is C21H33N5O2. The number of hydrogen-bond donors (Lipinski definition) is 2. The van der Waals surface area contributed by atoms with Gasteiger partial charge in [-0.25, -0.2) is 0 Å². The number of piperazine rings is 1. The minimum absolute atomic E-state index is 0.0213. The van der Waals surface area contributed by atoms with E-state index < -0.39 is 0 Å². The lowest BCUT2D eigenvalue weighted by Gasteiger charge is -2.30. The Bertz CT molecular complexity index is 649. The number of carbonyl (C=O) groups excluding carboxylic acids is 2. The maximum atomic E-state index is 12.7. The van der Waals surface area contributed by atoms with Crippen LogP contribution < -0.4 is 11.1 Å². The van der Waals surface area contributed by atoms with Crippen molar-refractivity contribution in [3.8, 4) is 0 Å². The molecule has 1 aromatic rings. The Kier molecular flexibility index (Phi) is 7.42. The molecule has 2 aliphatic rings. The predicted octanol–water partition coefficient (Wildman–Crippen LogP) is 0.361. The second-order valence-electron chi connectivity index (χ2n) is 7.97. The molecule has 2 amide bonds. The summed E-state index contributed by atoms with van der Waals surface area (Å²) in [6.45, 7) is 8.45. The van der Waals surface area contributed by atoms with E-state index in [-0.39, 0.29) is 17.7 Å². The van der Waals surface area contributed by atoms with Gasteiger partial charge in [-0.2, -0.15) is 0 Å².